The van der Waals surface area contributed by atoms with Crippen LogP contribution >= 0.6 is 0 Å². The molecule has 0 radical (unpaired) electrons. The Morgan fingerprint density at radius 2 is 1.74 bits per heavy atom. The molecule has 0 saturated carbocycles. The maximum absolute atomic E-state index is 4.81. The molecule has 23 heavy (non-hydrogen) atoms. The Balaban J connectivity index is 2.40. The summed E-state index contributed by atoms with van der Waals surface area (Å²) < 4.78 is 0. The fourth-order valence-corrected chi connectivity index (χ4v) is 3.22. The van der Waals surface area contributed by atoms with Gasteiger partial charge < -0.3 is 15.5 Å². The molecule has 2 N–H and O–H groups in total. The first-order valence-corrected chi connectivity index (χ1v) is 9.40. The molecule has 0 atom stereocenters. The first-order chi connectivity index (χ1) is 10.9. The monoisotopic (exact) mass is 325 g/mol. The van der Waals surface area contributed by atoms with E-state index in [1.807, 2.05) is 0 Å². The van der Waals surface area contributed by atoms with Crippen molar-refractivity contribution in [1.82, 2.24) is 20.4 Å². The van der Waals surface area contributed by atoms with Crippen LogP contribution in [0.4, 0.5) is 0 Å². The number of hydrogen-bond donors (Lipinski definition) is 2. The van der Waals surface area contributed by atoms with E-state index in [0.29, 0.717) is 12.1 Å². The molecule has 0 unspecified atom stereocenters. The average Bonchev–Trinajstić information content (AvgIpc) is 2.49. The van der Waals surface area contributed by atoms with Gasteiger partial charge in [-0.2, -0.15) is 0 Å². The van der Waals surface area contributed by atoms with Crippen LogP contribution in [0, 0.1) is 5.92 Å². The second-order valence-corrected chi connectivity index (χ2v) is 7.32. The van der Waals surface area contributed by atoms with Crippen molar-refractivity contribution in [2.24, 2.45) is 10.9 Å². The fourth-order valence-electron chi connectivity index (χ4n) is 3.22. The van der Waals surface area contributed by atoms with Gasteiger partial charge in [0.05, 0.1) is 0 Å². The minimum atomic E-state index is 0.579. The van der Waals surface area contributed by atoms with Gasteiger partial charge >= 0.3 is 0 Å². The van der Waals surface area contributed by atoms with Crippen molar-refractivity contribution in [3.63, 3.8) is 0 Å². The van der Waals surface area contributed by atoms with E-state index in [9.17, 15) is 0 Å². The molecule has 5 nitrogen and oxygen atoms in total. The number of guanidine groups is 1. The molecular weight excluding hydrogens is 286 g/mol. The normalized spacial score (nSPS) is 18.2. The number of nitrogens with zero attached hydrogens (tertiary/aromatic N) is 3. The van der Waals surface area contributed by atoms with E-state index in [1.54, 1.807) is 0 Å². The van der Waals surface area contributed by atoms with Crippen LogP contribution in [0.5, 0.6) is 0 Å². The summed E-state index contributed by atoms with van der Waals surface area (Å²) in [6.07, 6.45) is 2.54. The highest BCUT2D eigenvalue weighted by molar-refractivity contribution is 5.79. The lowest BCUT2D eigenvalue weighted by atomic mass is 9.97. The third-order valence-electron chi connectivity index (χ3n) is 4.68. The summed E-state index contributed by atoms with van der Waals surface area (Å²) in [6, 6.07) is 1.16. The zero-order chi connectivity index (χ0) is 17.2. The molecule has 1 rings (SSSR count). The third-order valence-corrected chi connectivity index (χ3v) is 4.68. The lowest BCUT2D eigenvalue weighted by Gasteiger charge is -2.30. The second-order valence-electron chi connectivity index (χ2n) is 7.32. The Bertz CT molecular complexity index is 324. The summed E-state index contributed by atoms with van der Waals surface area (Å²) >= 11 is 0. The standard InChI is InChI=1S/C18H39N5/c1-7-19-18(20-10-13-23(15(2)3)16(4)5)21-14-17-8-11-22(6)12-9-17/h15-17H,7-14H2,1-6H3,(H2,19,20,21). The SMILES string of the molecule is CCNC(=NCC1CCN(C)CC1)NCCN(C(C)C)C(C)C. The van der Waals surface area contributed by atoms with Crippen molar-refractivity contribution in [3.8, 4) is 0 Å². The van der Waals surface area contributed by atoms with Crippen LogP contribution in [0.2, 0.25) is 0 Å². The summed E-state index contributed by atoms with van der Waals surface area (Å²) in [5, 5.41) is 6.87. The summed E-state index contributed by atoms with van der Waals surface area (Å²) in [6.45, 7) is 17.4. The maximum atomic E-state index is 4.81. The molecule has 1 heterocycles. The van der Waals surface area contributed by atoms with Crippen LogP contribution in [0.1, 0.15) is 47.5 Å². The van der Waals surface area contributed by atoms with Crippen LogP contribution in [-0.4, -0.2) is 74.2 Å². The Morgan fingerprint density at radius 3 is 2.26 bits per heavy atom. The zero-order valence-electron chi connectivity index (χ0n) is 16.2. The van der Waals surface area contributed by atoms with Gasteiger partial charge in [-0.25, -0.2) is 0 Å². The van der Waals surface area contributed by atoms with Gasteiger partial charge in [-0.15, -0.1) is 0 Å². The highest BCUT2D eigenvalue weighted by atomic mass is 15.2. The van der Waals surface area contributed by atoms with Crippen molar-refractivity contribution < 1.29 is 0 Å². The van der Waals surface area contributed by atoms with Gasteiger partial charge in [-0.1, -0.05) is 0 Å². The summed E-state index contributed by atoms with van der Waals surface area (Å²) in [5.74, 6) is 1.71. The molecule has 0 aromatic carbocycles. The van der Waals surface area contributed by atoms with Crippen molar-refractivity contribution >= 4 is 5.96 Å². The zero-order valence-corrected chi connectivity index (χ0v) is 16.2. The second kappa shape index (κ2) is 10.9. The molecule has 0 aliphatic carbocycles. The van der Waals surface area contributed by atoms with E-state index < -0.39 is 0 Å². The van der Waals surface area contributed by atoms with Crippen LogP contribution in [0.3, 0.4) is 0 Å². The molecule has 1 aliphatic rings. The number of piperidine rings is 1. The van der Waals surface area contributed by atoms with Gasteiger partial charge in [0.2, 0.25) is 0 Å². The van der Waals surface area contributed by atoms with Crippen molar-refractivity contribution in [1.29, 1.82) is 0 Å². The largest absolute Gasteiger partial charge is 0.357 e. The molecule has 1 saturated heterocycles. The van der Waals surface area contributed by atoms with E-state index in [4.69, 9.17) is 4.99 Å². The van der Waals surface area contributed by atoms with Crippen molar-refractivity contribution in [2.45, 2.75) is 59.5 Å². The molecule has 0 aromatic heterocycles. The minimum Gasteiger partial charge on any atom is -0.357 e. The van der Waals surface area contributed by atoms with Gasteiger partial charge in [-0.3, -0.25) is 9.89 Å². The maximum Gasteiger partial charge on any atom is 0.191 e. The fraction of sp³-hybridized carbons (Fsp3) is 0.944. The summed E-state index contributed by atoms with van der Waals surface area (Å²) in [7, 11) is 2.21. The summed E-state index contributed by atoms with van der Waals surface area (Å²) in [4.78, 5) is 9.73. The molecule has 0 bridgehead atoms. The van der Waals surface area contributed by atoms with Gasteiger partial charge in [0.1, 0.15) is 0 Å². The van der Waals surface area contributed by atoms with Gasteiger partial charge in [-0.05, 0) is 73.5 Å². The number of hydrogen-bond acceptors (Lipinski definition) is 3. The van der Waals surface area contributed by atoms with Crippen LogP contribution in [0.25, 0.3) is 0 Å². The number of likely N-dealkylation sites (tertiary alicyclic amines) is 1. The Morgan fingerprint density at radius 1 is 1.13 bits per heavy atom. The van der Waals surface area contributed by atoms with E-state index in [2.05, 4.69) is 62.1 Å². The lowest BCUT2D eigenvalue weighted by molar-refractivity contribution is 0.178. The molecule has 136 valence electrons. The topological polar surface area (TPSA) is 42.9 Å². The molecule has 5 heteroatoms. The molecule has 1 aliphatic heterocycles. The predicted octanol–water partition coefficient (Wildman–Crippen LogP) is 2.00. The molecule has 0 spiro atoms. The smallest absolute Gasteiger partial charge is 0.191 e. The van der Waals surface area contributed by atoms with Crippen molar-refractivity contribution in [2.75, 3.05) is 46.3 Å². The molecule has 0 amide bonds. The molecule has 1 fully saturated rings. The quantitative estimate of drug-likeness (QED) is 0.529. The minimum absolute atomic E-state index is 0.579. The van der Waals surface area contributed by atoms with Crippen LogP contribution in [-0.2, 0) is 0 Å². The lowest BCUT2D eigenvalue weighted by Crippen LogP contribution is -2.45. The Labute approximate surface area is 143 Å². The van der Waals surface area contributed by atoms with Gasteiger partial charge in [0.25, 0.3) is 0 Å². The predicted molar refractivity (Wildman–Crippen MR) is 101 cm³/mol. The van der Waals surface area contributed by atoms with E-state index in [0.717, 1.165) is 38.1 Å². The van der Waals surface area contributed by atoms with E-state index in [-0.39, 0.29) is 0 Å². The van der Waals surface area contributed by atoms with Crippen LogP contribution < -0.4 is 10.6 Å². The third kappa shape index (κ3) is 8.02. The molecule has 0 aromatic rings. The highest BCUT2D eigenvalue weighted by Gasteiger charge is 2.16. The van der Waals surface area contributed by atoms with Crippen molar-refractivity contribution in [3.05, 3.63) is 0 Å². The Hall–Kier alpha value is -0.810. The van der Waals surface area contributed by atoms with E-state index >= 15 is 0 Å². The first-order valence-electron chi connectivity index (χ1n) is 9.40. The number of nitrogens with one attached hydrogen (secondary N) is 2. The van der Waals surface area contributed by atoms with Gasteiger partial charge in [0, 0.05) is 38.3 Å². The average molecular weight is 326 g/mol. The van der Waals surface area contributed by atoms with Gasteiger partial charge in [0.15, 0.2) is 5.96 Å². The van der Waals surface area contributed by atoms with E-state index in [1.165, 1.54) is 25.9 Å². The number of aliphatic imine (C=N–C) groups is 1. The molecular formula is C18H39N5. The first kappa shape index (κ1) is 20.2. The Kier molecular flexibility index (Phi) is 9.56. The summed E-state index contributed by atoms with van der Waals surface area (Å²) in [5.41, 5.74) is 0. The van der Waals surface area contributed by atoms with Crippen LogP contribution in [0.15, 0.2) is 4.99 Å². The highest BCUT2D eigenvalue weighted by Crippen LogP contribution is 2.15. The number of rotatable bonds is 8.